The molecule has 2 aliphatic rings. The van der Waals surface area contributed by atoms with E-state index in [9.17, 15) is 9.59 Å². The van der Waals surface area contributed by atoms with E-state index in [1.54, 1.807) is 0 Å². The van der Waals surface area contributed by atoms with E-state index in [1.165, 1.54) is 16.8 Å². The van der Waals surface area contributed by atoms with Gasteiger partial charge in [-0.25, -0.2) is 4.79 Å². The van der Waals surface area contributed by atoms with Crippen LogP contribution in [0.15, 0.2) is 21.9 Å². The van der Waals surface area contributed by atoms with Crippen molar-refractivity contribution in [2.24, 2.45) is 0 Å². The average Bonchev–Trinajstić information content (AvgIpc) is 3.08. The first-order chi connectivity index (χ1) is 13.9. The van der Waals surface area contributed by atoms with Crippen molar-refractivity contribution in [3.8, 4) is 0 Å². The normalized spacial score (nSPS) is 28.6. The Labute approximate surface area is 179 Å². The van der Waals surface area contributed by atoms with Crippen LogP contribution in [0.25, 0.3) is 0 Å². The Morgan fingerprint density at radius 3 is 2.17 bits per heavy atom. The maximum Gasteiger partial charge on any atom is 0.330 e. The van der Waals surface area contributed by atoms with Gasteiger partial charge < -0.3 is 18.6 Å². The van der Waals surface area contributed by atoms with Crippen LogP contribution in [0.2, 0.25) is 16.6 Å². The Morgan fingerprint density at radius 1 is 1.07 bits per heavy atom. The molecule has 0 radical (unpaired) electrons. The molecule has 0 amide bonds. The Morgan fingerprint density at radius 2 is 1.63 bits per heavy atom. The molecule has 4 atom stereocenters. The van der Waals surface area contributed by atoms with Crippen LogP contribution in [-0.4, -0.2) is 48.6 Å². The summed E-state index contributed by atoms with van der Waals surface area (Å²) < 4.78 is 26.6. The molecule has 0 spiro atoms. The highest BCUT2D eigenvalue weighted by molar-refractivity contribution is 6.77. The number of H-pyrrole nitrogens is 1. The van der Waals surface area contributed by atoms with Gasteiger partial charge in [-0.1, -0.05) is 41.5 Å². The molecule has 1 aromatic heterocycles. The smallest absolute Gasteiger partial charge is 0.330 e. The van der Waals surface area contributed by atoms with Crippen LogP contribution in [-0.2, 0) is 18.6 Å². The number of ether oxygens (including phenoxy) is 3. The lowest BCUT2D eigenvalue weighted by molar-refractivity contribution is -0.200. The number of aromatic nitrogens is 2. The topological polar surface area (TPSA) is 91.8 Å². The summed E-state index contributed by atoms with van der Waals surface area (Å²) in [4.78, 5) is 26.1. The highest BCUT2D eigenvalue weighted by Gasteiger charge is 2.57. The Bertz CT molecular complexity index is 840. The standard InChI is InChI=1S/C21H36N2O6Si/c1-12(2)30(13(3)4,14(5)6)26-11-15-17-18(29-21(7,8)28-17)19(27-15)23-10-9-16(24)22-20(23)25/h9-10,12-15,17-19H,11H2,1-8H3,(H,22,24,25)/t15-,17-,18-,19-/m1/s1. The second-order valence-electron chi connectivity index (χ2n) is 9.78. The number of aromatic amines is 1. The molecule has 1 N–H and O–H groups in total. The van der Waals surface area contributed by atoms with E-state index >= 15 is 0 Å². The van der Waals surface area contributed by atoms with Crippen LogP contribution in [0.3, 0.4) is 0 Å². The molecule has 3 heterocycles. The van der Waals surface area contributed by atoms with E-state index in [1.807, 2.05) is 13.8 Å². The summed E-state index contributed by atoms with van der Waals surface area (Å²) >= 11 is 0. The van der Waals surface area contributed by atoms with Crippen LogP contribution in [0.4, 0.5) is 0 Å². The van der Waals surface area contributed by atoms with Gasteiger partial charge in [-0.05, 0) is 30.5 Å². The quantitative estimate of drug-likeness (QED) is 0.655. The zero-order valence-corrected chi connectivity index (χ0v) is 20.3. The second-order valence-corrected chi connectivity index (χ2v) is 15.2. The second kappa shape index (κ2) is 8.35. The van der Waals surface area contributed by atoms with E-state index in [0.717, 1.165) is 0 Å². The van der Waals surface area contributed by atoms with Gasteiger partial charge in [0.05, 0.1) is 6.61 Å². The van der Waals surface area contributed by atoms with Gasteiger partial charge in [-0.2, -0.15) is 0 Å². The van der Waals surface area contributed by atoms with Crippen LogP contribution in [0.5, 0.6) is 0 Å². The fraction of sp³-hybridized carbons (Fsp3) is 0.810. The molecular formula is C21H36N2O6Si. The molecular weight excluding hydrogens is 404 g/mol. The van der Waals surface area contributed by atoms with Gasteiger partial charge in [0, 0.05) is 12.3 Å². The minimum Gasteiger partial charge on any atom is -0.413 e. The number of nitrogens with one attached hydrogen (secondary N) is 1. The third-order valence-corrected chi connectivity index (χ3v) is 12.5. The lowest BCUT2D eigenvalue weighted by atomic mass is 10.1. The molecule has 2 aliphatic heterocycles. The van der Waals surface area contributed by atoms with E-state index in [4.69, 9.17) is 18.6 Å². The molecule has 170 valence electrons. The maximum absolute atomic E-state index is 12.4. The van der Waals surface area contributed by atoms with Crippen molar-refractivity contribution in [1.82, 2.24) is 9.55 Å². The SMILES string of the molecule is CC(C)[Si](OC[C@H]1O[C@@H](n2ccc(=O)[nH]c2=O)[C@@H]2OC(C)(C)O[C@@H]21)(C(C)C)C(C)C. The summed E-state index contributed by atoms with van der Waals surface area (Å²) in [5.41, 5.74) is 0.367. The van der Waals surface area contributed by atoms with Crippen LogP contribution < -0.4 is 11.2 Å². The van der Waals surface area contributed by atoms with E-state index < -0.39 is 37.7 Å². The number of fused-ring (bicyclic) bond motifs is 1. The van der Waals surface area contributed by atoms with Gasteiger partial charge in [0.15, 0.2) is 20.3 Å². The summed E-state index contributed by atoms with van der Waals surface area (Å²) in [5, 5.41) is 0. The van der Waals surface area contributed by atoms with Crippen molar-refractivity contribution in [3.05, 3.63) is 33.1 Å². The largest absolute Gasteiger partial charge is 0.413 e. The summed E-state index contributed by atoms with van der Waals surface area (Å²) in [6, 6.07) is 1.30. The van der Waals surface area contributed by atoms with Crippen molar-refractivity contribution in [1.29, 1.82) is 0 Å². The lowest BCUT2D eigenvalue weighted by Gasteiger charge is -2.43. The number of nitrogens with zero attached hydrogens (tertiary/aromatic N) is 1. The molecule has 0 saturated carbocycles. The first-order valence-corrected chi connectivity index (χ1v) is 13.0. The number of rotatable bonds is 7. The minimum absolute atomic E-state index is 0.359. The fourth-order valence-electron chi connectivity index (χ4n) is 5.37. The Balaban J connectivity index is 1.88. The zero-order chi connectivity index (χ0) is 22.4. The monoisotopic (exact) mass is 440 g/mol. The van der Waals surface area contributed by atoms with Gasteiger partial charge in [-0.3, -0.25) is 14.3 Å². The summed E-state index contributed by atoms with van der Waals surface area (Å²) in [7, 11) is -2.09. The van der Waals surface area contributed by atoms with Crippen molar-refractivity contribution >= 4 is 8.32 Å². The van der Waals surface area contributed by atoms with Crippen LogP contribution >= 0.6 is 0 Å². The van der Waals surface area contributed by atoms with Gasteiger partial charge in [0.2, 0.25) is 0 Å². The first-order valence-electron chi connectivity index (χ1n) is 10.9. The summed E-state index contributed by atoms with van der Waals surface area (Å²) in [5.74, 6) is -0.788. The Hall–Kier alpha value is -1.26. The lowest BCUT2D eigenvalue weighted by Crippen LogP contribution is -2.50. The number of hydrogen-bond donors (Lipinski definition) is 1. The van der Waals surface area contributed by atoms with Gasteiger partial charge in [0.1, 0.15) is 18.3 Å². The average molecular weight is 441 g/mol. The predicted octanol–water partition coefficient (Wildman–Crippen LogP) is 3.15. The third kappa shape index (κ3) is 4.10. The fourth-order valence-corrected chi connectivity index (χ4v) is 10.8. The predicted molar refractivity (Wildman–Crippen MR) is 116 cm³/mol. The van der Waals surface area contributed by atoms with Crippen molar-refractivity contribution in [2.75, 3.05) is 6.61 Å². The molecule has 9 heteroatoms. The van der Waals surface area contributed by atoms with E-state index in [0.29, 0.717) is 23.2 Å². The van der Waals surface area contributed by atoms with Crippen molar-refractivity contribution < 1.29 is 18.6 Å². The van der Waals surface area contributed by atoms with Crippen molar-refractivity contribution in [3.63, 3.8) is 0 Å². The van der Waals surface area contributed by atoms with E-state index in [2.05, 4.69) is 46.5 Å². The zero-order valence-electron chi connectivity index (χ0n) is 19.3. The summed E-state index contributed by atoms with van der Waals surface area (Å²) in [6.45, 7) is 17.5. The molecule has 8 nitrogen and oxygen atoms in total. The molecule has 3 rings (SSSR count). The Kier molecular flexibility index (Phi) is 6.51. The minimum atomic E-state index is -2.09. The highest BCUT2D eigenvalue weighted by Crippen LogP contribution is 2.45. The first kappa shape index (κ1) is 23.4. The van der Waals surface area contributed by atoms with Gasteiger partial charge in [-0.15, -0.1) is 0 Å². The molecule has 1 aromatic rings. The van der Waals surface area contributed by atoms with Crippen LogP contribution in [0, 0.1) is 0 Å². The maximum atomic E-state index is 12.4. The molecule has 2 fully saturated rings. The van der Waals surface area contributed by atoms with Gasteiger partial charge >= 0.3 is 5.69 Å². The highest BCUT2D eigenvalue weighted by atomic mass is 28.4. The molecule has 0 aromatic carbocycles. The van der Waals surface area contributed by atoms with Gasteiger partial charge in [0.25, 0.3) is 5.56 Å². The van der Waals surface area contributed by atoms with E-state index in [-0.39, 0.29) is 12.2 Å². The number of hydrogen-bond acceptors (Lipinski definition) is 6. The third-order valence-electron chi connectivity index (χ3n) is 6.46. The molecule has 30 heavy (non-hydrogen) atoms. The summed E-state index contributed by atoms with van der Waals surface area (Å²) in [6.07, 6.45) is -0.449. The molecule has 0 bridgehead atoms. The molecule has 2 saturated heterocycles. The molecule has 0 aliphatic carbocycles. The van der Waals surface area contributed by atoms with Crippen molar-refractivity contribution in [2.45, 2.75) is 102 Å². The van der Waals surface area contributed by atoms with Crippen LogP contribution in [0.1, 0.15) is 61.6 Å². The molecule has 0 unspecified atom stereocenters.